The number of aromatic nitrogens is 2. The highest BCUT2D eigenvalue weighted by Gasteiger charge is 2.10. The molecule has 4 aromatic rings. The van der Waals surface area contributed by atoms with Crippen molar-refractivity contribution in [2.45, 2.75) is 26.5 Å². The van der Waals surface area contributed by atoms with Gasteiger partial charge in [-0.2, -0.15) is 0 Å². The lowest BCUT2D eigenvalue weighted by atomic mass is 10.2. The minimum atomic E-state index is 0.444. The Kier molecular flexibility index (Phi) is 5.53. The van der Waals surface area contributed by atoms with Gasteiger partial charge in [0.2, 0.25) is 0 Å². The zero-order valence-electron chi connectivity index (χ0n) is 16.1. The minimum absolute atomic E-state index is 0.444. The van der Waals surface area contributed by atoms with Gasteiger partial charge in [0, 0.05) is 6.54 Å². The van der Waals surface area contributed by atoms with Crippen LogP contribution in [-0.4, -0.2) is 9.55 Å². The van der Waals surface area contributed by atoms with E-state index >= 15 is 0 Å². The lowest BCUT2D eigenvalue weighted by molar-refractivity contribution is 0.291. The van der Waals surface area contributed by atoms with E-state index in [9.17, 15) is 0 Å². The van der Waals surface area contributed by atoms with Crippen LogP contribution in [0.2, 0.25) is 0 Å². The number of benzene rings is 3. The molecule has 3 heteroatoms. The average Bonchev–Trinajstić information content (AvgIpc) is 3.11. The molecule has 0 saturated heterocycles. The number of allylic oxidation sites excluding steroid dienone is 1. The first-order valence-corrected chi connectivity index (χ1v) is 9.71. The van der Waals surface area contributed by atoms with E-state index in [-0.39, 0.29) is 0 Å². The Labute approximate surface area is 165 Å². The molecule has 0 amide bonds. The average molecular weight is 368 g/mol. The van der Waals surface area contributed by atoms with Crippen molar-refractivity contribution in [2.24, 2.45) is 0 Å². The molecule has 0 atom stereocenters. The minimum Gasteiger partial charge on any atom is -0.486 e. The van der Waals surface area contributed by atoms with Gasteiger partial charge >= 0.3 is 0 Å². The molecule has 0 saturated carbocycles. The van der Waals surface area contributed by atoms with E-state index in [1.165, 1.54) is 11.1 Å². The van der Waals surface area contributed by atoms with Crippen LogP contribution in [0.25, 0.3) is 17.1 Å². The summed E-state index contributed by atoms with van der Waals surface area (Å²) in [4.78, 5) is 4.79. The summed E-state index contributed by atoms with van der Waals surface area (Å²) in [7, 11) is 0. The Balaban J connectivity index is 1.55. The van der Waals surface area contributed by atoms with E-state index in [1.807, 2.05) is 30.3 Å². The van der Waals surface area contributed by atoms with Crippen molar-refractivity contribution >= 4 is 17.1 Å². The highest BCUT2D eigenvalue weighted by molar-refractivity contribution is 5.76. The number of hydrogen-bond acceptors (Lipinski definition) is 2. The fraction of sp³-hybridized carbons (Fsp3) is 0.160. The number of hydrogen-bond donors (Lipinski definition) is 0. The number of aryl methyl sites for hydroxylation is 1. The quantitative estimate of drug-likeness (QED) is 0.407. The van der Waals surface area contributed by atoms with Gasteiger partial charge < -0.3 is 9.30 Å². The van der Waals surface area contributed by atoms with Crippen molar-refractivity contribution in [1.29, 1.82) is 0 Å². The molecule has 1 heterocycles. The predicted octanol–water partition coefficient (Wildman–Crippen LogP) is 5.89. The van der Waals surface area contributed by atoms with Gasteiger partial charge in [-0.05, 0) is 41.8 Å². The third kappa shape index (κ3) is 4.15. The topological polar surface area (TPSA) is 27.1 Å². The molecule has 1 aromatic heterocycles. The number of fused-ring (bicyclic) bond motifs is 1. The maximum Gasteiger partial charge on any atom is 0.148 e. The predicted molar refractivity (Wildman–Crippen MR) is 115 cm³/mol. The first-order valence-electron chi connectivity index (χ1n) is 9.71. The molecular formula is C25H24N2O. The summed E-state index contributed by atoms with van der Waals surface area (Å²) >= 11 is 0. The summed E-state index contributed by atoms with van der Waals surface area (Å²) in [5.74, 6) is 1.80. The number of imidazole rings is 1. The largest absolute Gasteiger partial charge is 0.486 e. The zero-order valence-corrected chi connectivity index (χ0v) is 16.1. The fourth-order valence-corrected chi connectivity index (χ4v) is 3.27. The van der Waals surface area contributed by atoms with Crippen LogP contribution >= 0.6 is 0 Å². The molecule has 4 rings (SSSR count). The smallest absolute Gasteiger partial charge is 0.148 e. The van der Waals surface area contributed by atoms with Gasteiger partial charge in [0.25, 0.3) is 0 Å². The summed E-state index contributed by atoms with van der Waals surface area (Å²) in [5.41, 5.74) is 4.63. The number of ether oxygens (including phenoxy) is 1. The number of rotatable bonds is 7. The monoisotopic (exact) mass is 368 g/mol. The summed E-state index contributed by atoms with van der Waals surface area (Å²) in [6.07, 6.45) is 5.34. The zero-order chi connectivity index (χ0) is 19.2. The van der Waals surface area contributed by atoms with E-state index in [0.29, 0.717) is 6.61 Å². The first kappa shape index (κ1) is 18.1. The normalized spacial score (nSPS) is 11.3. The van der Waals surface area contributed by atoms with Crippen LogP contribution in [0.15, 0.2) is 84.9 Å². The van der Waals surface area contributed by atoms with Crippen LogP contribution in [0.4, 0.5) is 0 Å². The van der Waals surface area contributed by atoms with Crippen molar-refractivity contribution in [3.8, 4) is 5.75 Å². The lowest BCUT2D eigenvalue weighted by Crippen LogP contribution is -2.06. The summed E-state index contributed by atoms with van der Waals surface area (Å²) in [6.45, 7) is 3.35. The summed E-state index contributed by atoms with van der Waals surface area (Å²) in [5, 5.41) is 0. The molecule has 0 aliphatic heterocycles. The number of para-hydroxylation sites is 2. The maximum atomic E-state index is 6.02. The second-order valence-electron chi connectivity index (χ2n) is 6.73. The second kappa shape index (κ2) is 8.57. The van der Waals surface area contributed by atoms with Gasteiger partial charge in [0.1, 0.15) is 18.2 Å². The van der Waals surface area contributed by atoms with Gasteiger partial charge in [-0.1, -0.05) is 73.7 Å². The van der Waals surface area contributed by atoms with Crippen molar-refractivity contribution in [2.75, 3.05) is 0 Å². The Hall–Kier alpha value is -3.33. The van der Waals surface area contributed by atoms with Crippen LogP contribution in [0, 0.1) is 0 Å². The van der Waals surface area contributed by atoms with E-state index in [1.54, 1.807) is 0 Å². The van der Waals surface area contributed by atoms with Crippen molar-refractivity contribution < 1.29 is 4.74 Å². The maximum absolute atomic E-state index is 6.02. The third-order valence-corrected chi connectivity index (χ3v) is 4.83. The van der Waals surface area contributed by atoms with E-state index in [2.05, 4.69) is 72.2 Å². The van der Waals surface area contributed by atoms with Gasteiger partial charge in [-0.3, -0.25) is 0 Å². The third-order valence-electron chi connectivity index (χ3n) is 4.83. The van der Waals surface area contributed by atoms with Crippen LogP contribution in [-0.2, 0) is 19.6 Å². The van der Waals surface area contributed by atoms with Crippen LogP contribution in [0.3, 0.4) is 0 Å². The molecule has 3 aromatic carbocycles. The molecule has 3 nitrogen and oxygen atoms in total. The van der Waals surface area contributed by atoms with Crippen LogP contribution < -0.4 is 4.74 Å². The highest BCUT2D eigenvalue weighted by atomic mass is 16.5. The highest BCUT2D eigenvalue weighted by Crippen LogP contribution is 2.19. The summed E-state index contributed by atoms with van der Waals surface area (Å²) in [6, 6.07) is 26.9. The van der Waals surface area contributed by atoms with Gasteiger partial charge in [-0.15, -0.1) is 0 Å². The van der Waals surface area contributed by atoms with Gasteiger partial charge in [-0.25, -0.2) is 4.98 Å². The molecule has 0 radical (unpaired) electrons. The molecule has 140 valence electrons. The Bertz CT molecular complexity index is 1060. The molecule has 0 aliphatic carbocycles. The van der Waals surface area contributed by atoms with Crippen molar-refractivity contribution in [3.05, 3.63) is 102 Å². The first-order chi connectivity index (χ1) is 13.8. The number of nitrogens with zero attached hydrogens (tertiary/aromatic N) is 2. The van der Waals surface area contributed by atoms with Crippen molar-refractivity contribution in [3.63, 3.8) is 0 Å². The standard InChI is InChI=1S/C25H24N2O/c1-2-20-14-16-22(17-15-20)28-19-25-26-23-12-6-7-13-24(23)27(25)18-8-11-21-9-4-3-5-10-21/h3-17H,2,18-19H2,1H3/b11-8+. The molecule has 28 heavy (non-hydrogen) atoms. The summed E-state index contributed by atoms with van der Waals surface area (Å²) < 4.78 is 8.24. The molecule has 0 aliphatic rings. The molecule has 0 spiro atoms. The molecule has 0 N–H and O–H groups in total. The molecule has 0 fully saturated rings. The van der Waals surface area contributed by atoms with E-state index in [4.69, 9.17) is 9.72 Å². The Morgan fingerprint density at radius 2 is 1.64 bits per heavy atom. The Morgan fingerprint density at radius 3 is 2.43 bits per heavy atom. The van der Waals surface area contributed by atoms with E-state index in [0.717, 1.165) is 35.6 Å². The van der Waals surface area contributed by atoms with E-state index < -0.39 is 0 Å². The fourth-order valence-electron chi connectivity index (χ4n) is 3.27. The SMILES string of the molecule is CCc1ccc(OCc2nc3ccccc3n2C/C=C/c2ccccc2)cc1. The molecule has 0 unspecified atom stereocenters. The van der Waals surface area contributed by atoms with Crippen molar-refractivity contribution in [1.82, 2.24) is 9.55 Å². The van der Waals surface area contributed by atoms with Gasteiger partial charge in [0.05, 0.1) is 11.0 Å². The lowest BCUT2D eigenvalue weighted by Gasteiger charge is -2.09. The second-order valence-corrected chi connectivity index (χ2v) is 6.73. The van der Waals surface area contributed by atoms with Crippen LogP contribution in [0.5, 0.6) is 5.75 Å². The molecule has 0 bridgehead atoms. The molecular weight excluding hydrogens is 344 g/mol. The van der Waals surface area contributed by atoms with Crippen LogP contribution in [0.1, 0.15) is 23.9 Å². The Morgan fingerprint density at radius 1 is 0.893 bits per heavy atom. The van der Waals surface area contributed by atoms with Gasteiger partial charge in [0.15, 0.2) is 0 Å².